The van der Waals surface area contributed by atoms with Crippen molar-refractivity contribution in [1.29, 1.82) is 0 Å². The summed E-state index contributed by atoms with van der Waals surface area (Å²) in [6.45, 7) is 1.23. The van der Waals surface area contributed by atoms with Crippen LogP contribution in [0.5, 0.6) is 0 Å². The predicted molar refractivity (Wildman–Crippen MR) is 168 cm³/mol. The lowest BCUT2D eigenvalue weighted by molar-refractivity contribution is -0.123. The number of hydrogen-bond acceptors (Lipinski definition) is 8. The van der Waals surface area contributed by atoms with Gasteiger partial charge in [0, 0.05) is 76.9 Å². The quantitative estimate of drug-likeness (QED) is 0.202. The van der Waals surface area contributed by atoms with Gasteiger partial charge in [0.1, 0.15) is 22.9 Å². The molecule has 4 amide bonds. The molecule has 0 spiro atoms. The summed E-state index contributed by atoms with van der Waals surface area (Å²) in [5.74, 6) is -1.25. The second-order valence-corrected chi connectivity index (χ2v) is 10.4. The molecule has 0 radical (unpaired) electrons. The highest BCUT2D eigenvalue weighted by atomic mass is 16.3. The van der Waals surface area contributed by atoms with E-state index in [9.17, 15) is 19.2 Å². The van der Waals surface area contributed by atoms with Crippen molar-refractivity contribution in [2.45, 2.75) is 25.3 Å². The van der Waals surface area contributed by atoms with Crippen molar-refractivity contribution in [3.05, 3.63) is 84.1 Å². The van der Waals surface area contributed by atoms with Gasteiger partial charge in [-0.25, -0.2) is 4.52 Å². The lowest BCUT2D eigenvalue weighted by Crippen LogP contribution is -2.50. The molecule has 0 aliphatic carbocycles. The van der Waals surface area contributed by atoms with Crippen molar-refractivity contribution in [3.63, 3.8) is 0 Å². The van der Waals surface area contributed by atoms with Crippen LogP contribution in [0.2, 0.25) is 0 Å². The molecular weight excluding hydrogens is 594 g/mol. The van der Waals surface area contributed by atoms with Crippen molar-refractivity contribution in [2.75, 3.05) is 38.0 Å². The first-order valence-electron chi connectivity index (χ1n) is 14.8. The Balaban J connectivity index is 0.00000154. The van der Waals surface area contributed by atoms with Gasteiger partial charge in [-0.15, -0.1) is 0 Å². The molecule has 0 fully saturated rings. The number of hydrogen-bond donors (Lipinski definition) is 5. The van der Waals surface area contributed by atoms with Crippen molar-refractivity contribution in [2.24, 2.45) is 7.05 Å². The molecule has 1 aromatic carbocycles. The van der Waals surface area contributed by atoms with Crippen LogP contribution >= 0.6 is 0 Å². The smallest absolute Gasteiger partial charge is 0.290 e. The van der Waals surface area contributed by atoms with Gasteiger partial charge in [0.05, 0.1) is 6.20 Å². The molecule has 0 saturated heterocycles. The Morgan fingerprint density at radius 1 is 1.02 bits per heavy atom. The zero-order valence-electron chi connectivity index (χ0n) is 25.4. The minimum absolute atomic E-state index is 0.130. The fraction of sp³-hybridized carbons (Fsp3) is 0.323. The standard InChI is InChI=1S/C30H35N9O4.CH2O2/c1-37-16-17-39-29(37)23(20-35-39)30(43)38-14-5-8-26(40)33-12-11-31-22-9-10-32-24(19-22)28(42)36-25(27(41)34-13-15-38)18-21-6-3-2-4-7-21;2-1-3/h2-4,6-7,9-10,16-17,19-20,25,31H,5,8,11-15,18H2,1H3,(H,33,40)(H,34,41)(H,36,42);1H,(H,2,3)/t25-;/m0./s1. The molecule has 0 unspecified atom stereocenters. The molecule has 242 valence electrons. The Bertz CT molecular complexity index is 1650. The third-order valence-corrected chi connectivity index (χ3v) is 7.24. The fourth-order valence-electron chi connectivity index (χ4n) is 5.01. The number of amides is 4. The molecule has 1 atom stereocenters. The average molecular weight is 632 g/mol. The van der Waals surface area contributed by atoms with Gasteiger partial charge in [-0.2, -0.15) is 5.10 Å². The minimum atomic E-state index is -0.875. The second kappa shape index (κ2) is 16.4. The summed E-state index contributed by atoms with van der Waals surface area (Å²) >= 11 is 0. The number of imidazole rings is 1. The van der Waals surface area contributed by atoms with Crippen LogP contribution < -0.4 is 21.3 Å². The number of rotatable bonds is 3. The molecule has 3 aromatic heterocycles. The van der Waals surface area contributed by atoms with Crippen molar-refractivity contribution >= 4 is 41.4 Å². The minimum Gasteiger partial charge on any atom is -0.483 e. The molecule has 15 heteroatoms. The number of anilines is 1. The number of carbonyl (C=O) groups is 5. The Morgan fingerprint density at radius 3 is 2.57 bits per heavy atom. The largest absolute Gasteiger partial charge is 0.483 e. The summed E-state index contributed by atoms with van der Waals surface area (Å²) in [6, 6.07) is 11.9. The molecule has 4 heterocycles. The molecule has 46 heavy (non-hydrogen) atoms. The van der Waals surface area contributed by atoms with E-state index >= 15 is 0 Å². The first kappa shape index (κ1) is 33.2. The summed E-state index contributed by atoms with van der Waals surface area (Å²) in [6.07, 6.45) is 7.57. The van der Waals surface area contributed by atoms with E-state index in [0.29, 0.717) is 43.0 Å². The van der Waals surface area contributed by atoms with E-state index in [1.54, 1.807) is 27.7 Å². The van der Waals surface area contributed by atoms with E-state index in [0.717, 1.165) is 5.56 Å². The number of nitrogens with zero attached hydrogens (tertiary/aromatic N) is 5. The van der Waals surface area contributed by atoms with Crippen molar-refractivity contribution in [3.8, 4) is 0 Å². The van der Waals surface area contributed by atoms with Crippen LogP contribution in [-0.2, 0) is 27.9 Å². The number of benzene rings is 1. The summed E-state index contributed by atoms with van der Waals surface area (Å²) in [4.78, 5) is 66.9. The summed E-state index contributed by atoms with van der Waals surface area (Å²) in [5.41, 5.74) is 2.78. The summed E-state index contributed by atoms with van der Waals surface area (Å²) < 4.78 is 3.44. The molecule has 15 nitrogen and oxygen atoms in total. The zero-order chi connectivity index (χ0) is 32.9. The van der Waals surface area contributed by atoms with Gasteiger partial charge in [-0.1, -0.05) is 30.3 Å². The monoisotopic (exact) mass is 631 g/mol. The van der Waals surface area contributed by atoms with Crippen LogP contribution in [0, 0.1) is 0 Å². The van der Waals surface area contributed by atoms with Crippen molar-refractivity contribution < 1.29 is 29.1 Å². The maximum absolute atomic E-state index is 13.7. The van der Waals surface area contributed by atoms with Crippen molar-refractivity contribution in [1.82, 2.24) is 40.0 Å². The third-order valence-electron chi connectivity index (χ3n) is 7.24. The van der Waals surface area contributed by atoms with Crippen LogP contribution in [0.4, 0.5) is 5.69 Å². The number of fused-ring (bicyclic) bond motifs is 3. The van der Waals surface area contributed by atoms with Crippen LogP contribution in [0.25, 0.3) is 5.65 Å². The molecule has 0 saturated carbocycles. The van der Waals surface area contributed by atoms with E-state index in [1.807, 2.05) is 48.1 Å². The number of aromatic nitrogens is 4. The highest BCUT2D eigenvalue weighted by Gasteiger charge is 2.25. The molecule has 2 bridgehead atoms. The molecule has 4 aromatic rings. The van der Waals surface area contributed by atoms with E-state index in [4.69, 9.17) is 9.90 Å². The Labute approximate surface area is 265 Å². The summed E-state index contributed by atoms with van der Waals surface area (Å²) in [7, 11) is 1.83. The first-order valence-corrected chi connectivity index (χ1v) is 14.8. The molecule has 1 aliphatic heterocycles. The zero-order valence-corrected chi connectivity index (χ0v) is 25.4. The topological polar surface area (TPSA) is 192 Å². The Morgan fingerprint density at radius 2 is 1.78 bits per heavy atom. The molecule has 1 aliphatic rings. The van der Waals surface area contributed by atoms with E-state index < -0.39 is 11.9 Å². The number of pyridine rings is 1. The van der Waals surface area contributed by atoms with E-state index in [1.165, 1.54) is 12.4 Å². The Hall–Kier alpha value is -5.73. The lowest BCUT2D eigenvalue weighted by atomic mass is 10.0. The number of aryl methyl sites for hydroxylation is 1. The fourth-order valence-corrected chi connectivity index (χ4v) is 5.01. The normalized spacial score (nSPS) is 16.7. The third kappa shape index (κ3) is 8.90. The highest BCUT2D eigenvalue weighted by molar-refractivity contribution is 6.00. The van der Waals surface area contributed by atoms with Gasteiger partial charge >= 0.3 is 0 Å². The van der Waals surface area contributed by atoms with Gasteiger partial charge in [0.25, 0.3) is 18.3 Å². The first-order chi connectivity index (χ1) is 22.3. The number of carboxylic acid groups (broad SMARTS) is 1. The molecular formula is C31H37N9O6. The van der Waals surface area contributed by atoms with Crippen LogP contribution in [0.3, 0.4) is 0 Å². The van der Waals surface area contributed by atoms with E-state index in [-0.39, 0.29) is 55.8 Å². The SMILES string of the molecule is Cn1ccn2ncc(C(=O)N3CCCC(=O)NCCNc4ccnc(c4)C(=O)N[C@@H](Cc4ccccc4)C(=O)NCC3)c12.O=CO. The summed E-state index contributed by atoms with van der Waals surface area (Å²) in [5, 5.41) is 22.9. The average Bonchev–Trinajstić information content (AvgIpc) is 3.65. The van der Waals surface area contributed by atoms with Gasteiger partial charge in [0.15, 0.2) is 0 Å². The van der Waals surface area contributed by atoms with Crippen LogP contribution in [0.1, 0.15) is 39.3 Å². The van der Waals surface area contributed by atoms with E-state index in [2.05, 4.69) is 31.3 Å². The number of nitrogens with one attached hydrogen (secondary N) is 4. The Kier molecular flexibility index (Phi) is 11.8. The maximum atomic E-state index is 13.7. The predicted octanol–water partition coefficient (Wildman–Crippen LogP) is 0.690. The number of carbonyl (C=O) groups excluding carboxylic acids is 4. The van der Waals surface area contributed by atoms with Gasteiger partial charge in [-0.3, -0.25) is 29.0 Å². The van der Waals surface area contributed by atoms with Gasteiger partial charge in [-0.05, 0) is 24.1 Å². The van der Waals surface area contributed by atoms with Gasteiger partial charge < -0.3 is 35.8 Å². The lowest BCUT2D eigenvalue weighted by Gasteiger charge is -2.24. The maximum Gasteiger partial charge on any atom is 0.290 e. The van der Waals surface area contributed by atoms with Gasteiger partial charge in [0.2, 0.25) is 11.8 Å². The highest BCUT2D eigenvalue weighted by Crippen LogP contribution is 2.14. The molecule has 5 rings (SSSR count). The van der Waals surface area contributed by atoms with Crippen LogP contribution in [0.15, 0.2) is 67.3 Å². The van der Waals surface area contributed by atoms with Crippen LogP contribution in [-0.4, -0.2) is 98.0 Å². The molecule has 5 N–H and O–H groups in total. The second-order valence-electron chi connectivity index (χ2n) is 10.4.